The first-order valence-corrected chi connectivity index (χ1v) is 10.6. The molecule has 0 atom stereocenters. The van der Waals surface area contributed by atoms with Gasteiger partial charge in [0.25, 0.3) is 0 Å². The second-order valence-electron chi connectivity index (χ2n) is 7.62. The van der Waals surface area contributed by atoms with Gasteiger partial charge in [0.1, 0.15) is 0 Å². The summed E-state index contributed by atoms with van der Waals surface area (Å²) in [4.78, 5) is 20.7. The van der Waals surface area contributed by atoms with E-state index in [9.17, 15) is 0 Å². The fraction of sp³-hybridized carbons (Fsp3) is 0.261. The molecule has 0 unspecified atom stereocenters. The van der Waals surface area contributed by atoms with Crippen molar-refractivity contribution in [3.63, 3.8) is 0 Å². The average Bonchev–Trinajstić information content (AvgIpc) is 3.23. The lowest BCUT2D eigenvalue weighted by atomic mass is 10.2. The first-order chi connectivity index (χ1) is 15.8. The normalized spacial score (nSPS) is 14.3. The van der Waals surface area contributed by atoms with E-state index in [1.807, 2.05) is 34.9 Å². The van der Waals surface area contributed by atoms with Crippen molar-refractivity contribution in [2.75, 3.05) is 36.6 Å². The number of nitrogens with one attached hydrogen (secondary N) is 1. The zero-order valence-electron chi connectivity index (χ0n) is 17.8. The molecule has 4 heterocycles. The Labute approximate surface area is 185 Å². The average molecular weight is 429 g/mol. The van der Waals surface area contributed by atoms with Crippen molar-refractivity contribution in [3.05, 3.63) is 71.8 Å². The van der Waals surface area contributed by atoms with E-state index >= 15 is 0 Å². The van der Waals surface area contributed by atoms with Crippen molar-refractivity contribution in [2.24, 2.45) is 5.10 Å². The molecule has 162 valence electrons. The molecule has 0 bridgehead atoms. The number of anilines is 2. The van der Waals surface area contributed by atoms with Crippen molar-refractivity contribution in [1.29, 1.82) is 0 Å². The predicted molar refractivity (Wildman–Crippen MR) is 124 cm³/mol. The Morgan fingerprint density at radius 1 is 1.09 bits per heavy atom. The second kappa shape index (κ2) is 9.11. The van der Waals surface area contributed by atoms with Gasteiger partial charge < -0.3 is 14.2 Å². The smallest absolute Gasteiger partial charge is 0.229 e. The van der Waals surface area contributed by atoms with E-state index in [-0.39, 0.29) is 0 Å². The highest BCUT2D eigenvalue weighted by molar-refractivity contribution is 5.86. The molecule has 1 aliphatic heterocycles. The quantitative estimate of drug-likeness (QED) is 0.373. The molecule has 1 saturated heterocycles. The Kier molecular flexibility index (Phi) is 5.71. The maximum absolute atomic E-state index is 5.49. The van der Waals surface area contributed by atoms with Crippen molar-refractivity contribution < 1.29 is 4.74 Å². The van der Waals surface area contributed by atoms with Gasteiger partial charge in [-0.15, -0.1) is 0 Å². The van der Waals surface area contributed by atoms with Crippen molar-refractivity contribution in [2.45, 2.75) is 13.5 Å². The van der Waals surface area contributed by atoms with Crippen molar-refractivity contribution in [1.82, 2.24) is 24.5 Å². The van der Waals surface area contributed by atoms with Crippen LogP contribution in [0, 0.1) is 6.92 Å². The van der Waals surface area contributed by atoms with Crippen molar-refractivity contribution >= 4 is 29.1 Å². The third-order valence-corrected chi connectivity index (χ3v) is 5.23. The first-order valence-electron chi connectivity index (χ1n) is 10.6. The van der Waals surface area contributed by atoms with Crippen LogP contribution in [0.25, 0.3) is 11.2 Å². The van der Waals surface area contributed by atoms with Gasteiger partial charge in [0.2, 0.25) is 5.95 Å². The van der Waals surface area contributed by atoms with Gasteiger partial charge in [-0.3, -0.25) is 10.4 Å². The maximum atomic E-state index is 5.49. The van der Waals surface area contributed by atoms with Crippen LogP contribution in [0.15, 0.2) is 60.1 Å². The Balaban J connectivity index is 1.49. The Hall–Kier alpha value is -3.85. The lowest BCUT2D eigenvalue weighted by molar-refractivity contribution is 0.122. The molecule has 9 heteroatoms. The molecule has 0 amide bonds. The number of benzene rings is 1. The van der Waals surface area contributed by atoms with Gasteiger partial charge in [0, 0.05) is 19.3 Å². The lowest BCUT2D eigenvalue weighted by Gasteiger charge is -2.27. The number of rotatable bonds is 6. The summed E-state index contributed by atoms with van der Waals surface area (Å²) in [7, 11) is 0. The van der Waals surface area contributed by atoms with Crippen LogP contribution in [0.4, 0.5) is 11.8 Å². The number of aromatic nitrogens is 5. The molecule has 9 nitrogen and oxygen atoms in total. The number of morpholine rings is 1. The molecular weight excluding hydrogens is 404 g/mol. The second-order valence-corrected chi connectivity index (χ2v) is 7.62. The first kappa shape index (κ1) is 20.1. The van der Waals surface area contributed by atoms with Gasteiger partial charge in [0.05, 0.1) is 38.0 Å². The van der Waals surface area contributed by atoms with Crippen LogP contribution >= 0.6 is 0 Å². The molecule has 32 heavy (non-hydrogen) atoms. The Morgan fingerprint density at radius 2 is 2.00 bits per heavy atom. The number of imidazole rings is 1. The summed E-state index contributed by atoms with van der Waals surface area (Å²) in [6.45, 7) is 5.42. The van der Waals surface area contributed by atoms with Gasteiger partial charge >= 0.3 is 0 Å². The summed E-state index contributed by atoms with van der Waals surface area (Å²) < 4.78 is 7.47. The molecule has 1 aromatic carbocycles. The van der Waals surface area contributed by atoms with Gasteiger partial charge in [-0.1, -0.05) is 35.9 Å². The number of hydrogen-bond acceptors (Lipinski definition) is 8. The summed E-state index contributed by atoms with van der Waals surface area (Å²) in [5.41, 5.74) is 7.61. The fourth-order valence-corrected chi connectivity index (χ4v) is 3.62. The number of hydrazone groups is 1. The molecular formula is C23H24N8O. The zero-order chi connectivity index (χ0) is 21.8. The number of pyridine rings is 1. The lowest BCUT2D eigenvalue weighted by Crippen LogP contribution is -2.37. The SMILES string of the molecule is Cc1cccc(/C=N/Nc2nc(N3CCOCC3)nc3c2ncn3Cc2ccccn2)c1. The van der Waals surface area contributed by atoms with Crippen LogP contribution in [0.2, 0.25) is 0 Å². The molecule has 0 radical (unpaired) electrons. The molecule has 1 aliphatic rings. The van der Waals surface area contributed by atoms with Crippen LogP contribution < -0.4 is 10.3 Å². The van der Waals surface area contributed by atoms with E-state index in [4.69, 9.17) is 14.7 Å². The third-order valence-electron chi connectivity index (χ3n) is 5.23. The monoisotopic (exact) mass is 428 g/mol. The minimum atomic E-state index is 0.570. The van der Waals surface area contributed by atoms with E-state index in [2.05, 4.69) is 44.5 Å². The molecule has 5 rings (SSSR count). The molecule has 0 spiro atoms. The Bertz CT molecular complexity index is 1230. The number of fused-ring (bicyclic) bond motifs is 1. The Morgan fingerprint density at radius 3 is 2.81 bits per heavy atom. The summed E-state index contributed by atoms with van der Waals surface area (Å²) in [6.07, 6.45) is 5.34. The highest BCUT2D eigenvalue weighted by Gasteiger charge is 2.19. The van der Waals surface area contributed by atoms with E-state index in [1.165, 1.54) is 5.56 Å². The minimum absolute atomic E-state index is 0.570. The van der Waals surface area contributed by atoms with Crippen LogP contribution in [-0.4, -0.2) is 57.0 Å². The molecule has 4 aromatic rings. The standard InChI is InChI=1S/C23H24N8O/c1-17-5-4-6-18(13-17)14-26-29-21-20-22(28-23(27-21)30-9-11-32-12-10-30)31(16-25-20)15-19-7-2-3-8-24-19/h2-8,13-14,16H,9-12,15H2,1H3,(H,27,28,29)/b26-14+. The molecule has 0 aliphatic carbocycles. The summed E-state index contributed by atoms with van der Waals surface area (Å²) in [6, 6.07) is 14.0. The maximum Gasteiger partial charge on any atom is 0.229 e. The van der Waals surface area contributed by atoms with Crippen molar-refractivity contribution in [3.8, 4) is 0 Å². The van der Waals surface area contributed by atoms with E-state index in [0.29, 0.717) is 37.0 Å². The van der Waals surface area contributed by atoms with Gasteiger partial charge in [0.15, 0.2) is 17.0 Å². The van der Waals surface area contributed by atoms with Crippen LogP contribution in [0.1, 0.15) is 16.8 Å². The topological polar surface area (TPSA) is 93.4 Å². The van der Waals surface area contributed by atoms with Gasteiger partial charge in [-0.05, 0) is 24.6 Å². The van der Waals surface area contributed by atoms with E-state index < -0.39 is 0 Å². The zero-order valence-corrected chi connectivity index (χ0v) is 17.8. The number of nitrogens with zero attached hydrogens (tertiary/aromatic N) is 7. The van der Waals surface area contributed by atoms with E-state index in [0.717, 1.165) is 30.0 Å². The van der Waals surface area contributed by atoms with E-state index in [1.54, 1.807) is 18.7 Å². The largest absolute Gasteiger partial charge is 0.378 e. The number of ether oxygens (including phenoxy) is 1. The highest BCUT2D eigenvalue weighted by atomic mass is 16.5. The van der Waals surface area contributed by atoms with Gasteiger partial charge in [-0.25, -0.2) is 4.98 Å². The molecule has 3 aromatic heterocycles. The number of hydrogen-bond donors (Lipinski definition) is 1. The van der Waals surface area contributed by atoms with Crippen LogP contribution in [-0.2, 0) is 11.3 Å². The highest BCUT2D eigenvalue weighted by Crippen LogP contribution is 2.24. The molecule has 1 fully saturated rings. The minimum Gasteiger partial charge on any atom is -0.378 e. The summed E-state index contributed by atoms with van der Waals surface area (Å²) in [5, 5.41) is 4.41. The summed E-state index contributed by atoms with van der Waals surface area (Å²) >= 11 is 0. The third kappa shape index (κ3) is 4.42. The molecule has 1 N–H and O–H groups in total. The van der Waals surface area contributed by atoms with Crippen LogP contribution in [0.3, 0.4) is 0 Å². The fourth-order valence-electron chi connectivity index (χ4n) is 3.62. The summed E-state index contributed by atoms with van der Waals surface area (Å²) in [5.74, 6) is 1.21. The molecule has 0 saturated carbocycles. The number of aryl methyl sites for hydroxylation is 1. The van der Waals surface area contributed by atoms with Crippen LogP contribution in [0.5, 0.6) is 0 Å². The van der Waals surface area contributed by atoms with Gasteiger partial charge in [-0.2, -0.15) is 15.1 Å². The predicted octanol–water partition coefficient (Wildman–Crippen LogP) is 2.86.